The van der Waals surface area contributed by atoms with E-state index in [9.17, 15) is 36.4 Å². The molecule has 0 radical (unpaired) electrons. The number of thiophene rings is 1. The highest BCUT2D eigenvalue weighted by Crippen LogP contribution is 2.48. The number of carbonyl (C=O) groups is 1. The number of alkyl halides is 5. The Kier molecular flexibility index (Phi) is 8.68. The molecular formula is C34H32F7N7O2S. The summed E-state index contributed by atoms with van der Waals surface area (Å²) in [7, 11) is 1.52. The average molecular weight is 736 g/mol. The molecule has 0 spiro atoms. The van der Waals surface area contributed by atoms with Crippen LogP contribution >= 0.6 is 11.3 Å². The van der Waals surface area contributed by atoms with Crippen molar-refractivity contribution in [2.45, 2.75) is 62.6 Å². The molecule has 4 aromatic rings. The van der Waals surface area contributed by atoms with Gasteiger partial charge in [0.2, 0.25) is 0 Å². The Hall–Kier alpha value is -4.43. The first-order chi connectivity index (χ1) is 24.2. The molecule has 270 valence electrons. The number of fused-ring (bicyclic) bond motifs is 3. The lowest BCUT2D eigenvalue weighted by molar-refractivity contribution is -0.137. The van der Waals surface area contributed by atoms with Crippen molar-refractivity contribution in [2.24, 2.45) is 0 Å². The molecule has 7 rings (SSSR count). The number of nitrogen functional groups attached to an aromatic ring is 1. The zero-order valence-corrected chi connectivity index (χ0v) is 28.3. The molecule has 0 saturated carbocycles. The van der Waals surface area contributed by atoms with Gasteiger partial charge in [0.15, 0.2) is 12.5 Å². The van der Waals surface area contributed by atoms with Gasteiger partial charge in [-0.3, -0.25) is 9.69 Å². The molecule has 2 N–H and O–H groups in total. The third-order valence-electron chi connectivity index (χ3n) is 10.6. The molecule has 51 heavy (non-hydrogen) atoms. The number of hydrogen-bond donors (Lipinski definition) is 1. The van der Waals surface area contributed by atoms with Crippen LogP contribution in [0.4, 0.5) is 41.6 Å². The van der Waals surface area contributed by atoms with Gasteiger partial charge in [-0.05, 0) is 50.4 Å². The van der Waals surface area contributed by atoms with Gasteiger partial charge in [0, 0.05) is 48.9 Å². The molecular weight excluding hydrogens is 703 g/mol. The molecule has 17 heteroatoms. The van der Waals surface area contributed by atoms with Crippen LogP contribution in [-0.4, -0.2) is 89.4 Å². The second-order valence-corrected chi connectivity index (χ2v) is 14.4. The van der Waals surface area contributed by atoms with Crippen molar-refractivity contribution in [2.75, 3.05) is 50.6 Å². The smallest absolute Gasteiger partial charge is 0.417 e. The zero-order chi connectivity index (χ0) is 36.6. The number of amides is 1. The fraction of sp³-hybridized carbons (Fsp3) is 0.471. The molecule has 2 aromatic carbocycles. The highest BCUT2D eigenvalue weighted by molar-refractivity contribution is 7.23. The first-order valence-corrected chi connectivity index (χ1v) is 17.1. The van der Waals surface area contributed by atoms with Crippen LogP contribution in [0.1, 0.15) is 43.7 Å². The van der Waals surface area contributed by atoms with Gasteiger partial charge in [0.25, 0.3) is 5.91 Å². The molecule has 3 saturated heterocycles. The largest absolute Gasteiger partial charge is 0.461 e. The Morgan fingerprint density at radius 1 is 1.25 bits per heavy atom. The van der Waals surface area contributed by atoms with Crippen LogP contribution in [0.25, 0.3) is 32.1 Å². The summed E-state index contributed by atoms with van der Waals surface area (Å²) >= 11 is 0.656. The highest BCUT2D eigenvalue weighted by Gasteiger charge is 2.49. The highest BCUT2D eigenvalue weighted by atomic mass is 32.1. The lowest BCUT2D eigenvalue weighted by Gasteiger charge is -2.33. The molecule has 2 aromatic heterocycles. The predicted molar refractivity (Wildman–Crippen MR) is 177 cm³/mol. The number of ether oxygens (including phenoxy) is 1. The monoisotopic (exact) mass is 735 g/mol. The van der Waals surface area contributed by atoms with Crippen molar-refractivity contribution in [3.8, 4) is 23.2 Å². The van der Waals surface area contributed by atoms with Crippen molar-refractivity contribution < 1.29 is 40.3 Å². The van der Waals surface area contributed by atoms with E-state index in [2.05, 4.69) is 9.97 Å². The number of benzene rings is 2. The summed E-state index contributed by atoms with van der Waals surface area (Å²) in [5.41, 5.74) is 1.61. The number of hydrogen-bond acceptors (Lipinski definition) is 9. The Morgan fingerprint density at radius 2 is 2.02 bits per heavy atom. The van der Waals surface area contributed by atoms with Crippen molar-refractivity contribution in [1.29, 1.82) is 5.26 Å². The number of nitrogens with zero attached hydrogens (tertiary/aromatic N) is 6. The summed E-state index contributed by atoms with van der Waals surface area (Å²) in [6.07, 6.45) is -4.30. The second-order valence-electron chi connectivity index (χ2n) is 13.4. The van der Waals surface area contributed by atoms with E-state index in [4.69, 9.17) is 10.5 Å². The lowest BCUT2D eigenvalue weighted by Crippen LogP contribution is -2.45. The van der Waals surface area contributed by atoms with E-state index in [1.54, 1.807) is 13.0 Å². The Labute approximate surface area is 291 Å². The number of likely N-dealkylation sites (tertiary alicyclic amines) is 1. The minimum Gasteiger partial charge on any atom is -0.461 e. The van der Waals surface area contributed by atoms with Crippen molar-refractivity contribution in [1.82, 2.24) is 19.8 Å². The molecule has 0 unspecified atom stereocenters. The minimum absolute atomic E-state index is 0.0614. The second kappa shape index (κ2) is 12.7. The molecule has 1 amide bonds. The lowest BCUT2D eigenvalue weighted by atomic mass is 9.92. The minimum atomic E-state index is -5.16. The van der Waals surface area contributed by atoms with Crippen molar-refractivity contribution >= 4 is 49.1 Å². The Morgan fingerprint density at radius 3 is 2.73 bits per heavy atom. The maximum atomic E-state index is 17.1. The van der Waals surface area contributed by atoms with Gasteiger partial charge in [-0.1, -0.05) is 6.07 Å². The van der Waals surface area contributed by atoms with Crippen LogP contribution in [0.15, 0.2) is 18.2 Å². The fourth-order valence-corrected chi connectivity index (χ4v) is 9.14. The average Bonchev–Trinajstić information content (AvgIpc) is 3.83. The maximum Gasteiger partial charge on any atom is 0.417 e. The molecule has 4 atom stereocenters. The number of aromatic nitrogens is 2. The first kappa shape index (κ1) is 35.0. The number of halogens is 7. The molecule has 3 aliphatic rings. The molecule has 5 heterocycles. The van der Waals surface area contributed by atoms with Gasteiger partial charge in [-0.15, -0.1) is 11.3 Å². The SMILES string of the molecule is C[C@@H]1[C@H](N(C)c2nc(OC[C@@]34CCCN3C[C@H](F)C4)nc3c(F)c(-c4ccc(F)c5sc(N)c(C#N)c45)c(C(F)(F)F)cc23)CCN1C(=O)CF. The van der Waals surface area contributed by atoms with Gasteiger partial charge >= 0.3 is 12.2 Å². The number of rotatable bonds is 7. The number of anilines is 2. The van der Waals surface area contributed by atoms with E-state index in [0.29, 0.717) is 36.8 Å². The van der Waals surface area contributed by atoms with Gasteiger partial charge in [-0.2, -0.15) is 28.4 Å². The van der Waals surface area contributed by atoms with Crippen LogP contribution in [0.5, 0.6) is 6.01 Å². The summed E-state index contributed by atoms with van der Waals surface area (Å²) in [6.45, 7) is 1.44. The third kappa shape index (κ3) is 5.67. The quantitative estimate of drug-likeness (QED) is 0.211. The van der Waals surface area contributed by atoms with Gasteiger partial charge < -0.3 is 20.3 Å². The summed E-state index contributed by atoms with van der Waals surface area (Å²) in [4.78, 5) is 25.8. The van der Waals surface area contributed by atoms with Crippen LogP contribution in [0.2, 0.25) is 0 Å². The van der Waals surface area contributed by atoms with E-state index >= 15 is 4.39 Å². The van der Waals surface area contributed by atoms with Crippen molar-refractivity contribution in [3.05, 3.63) is 41.0 Å². The van der Waals surface area contributed by atoms with E-state index < -0.39 is 76.4 Å². The van der Waals surface area contributed by atoms with Crippen LogP contribution in [-0.2, 0) is 11.0 Å². The van der Waals surface area contributed by atoms with Gasteiger partial charge in [0.05, 0.1) is 27.4 Å². The molecule has 0 bridgehead atoms. The number of nitrogens with two attached hydrogens (primary N) is 1. The molecule has 3 fully saturated rings. The summed E-state index contributed by atoms with van der Waals surface area (Å²) in [5, 5.41) is 9.06. The Bertz CT molecular complexity index is 2100. The zero-order valence-electron chi connectivity index (χ0n) is 27.5. The summed E-state index contributed by atoms with van der Waals surface area (Å²) < 4.78 is 111. The van der Waals surface area contributed by atoms with Gasteiger partial charge in [0.1, 0.15) is 41.0 Å². The van der Waals surface area contributed by atoms with E-state index in [-0.39, 0.29) is 64.0 Å². The normalized spacial score (nSPS) is 23.7. The maximum absolute atomic E-state index is 17.1. The summed E-state index contributed by atoms with van der Waals surface area (Å²) in [6, 6.07) is 2.81. The molecule has 9 nitrogen and oxygen atoms in total. The fourth-order valence-electron chi connectivity index (χ4n) is 8.19. The topological polar surface area (TPSA) is 112 Å². The standard InChI is InChI=1S/C34H32F7N7O2S/c1-16-23(6-9-48(16)24(49)12-35)46(2)31-19-10-21(34(39,40)41)26(18-4-5-22(37)29-25(18)20(13-42)30(43)51-29)27(38)28(19)44-32(45-31)50-15-33-7-3-8-47(33)14-17(36)11-33/h4-5,10,16-17,23H,3,6-9,11-12,14-15,43H2,1-2H3/t16-,17-,23-,33+/m1/s1. The van der Waals surface area contributed by atoms with Crippen LogP contribution < -0.4 is 15.4 Å². The van der Waals surface area contributed by atoms with E-state index in [1.165, 1.54) is 16.8 Å². The number of likely N-dealkylation sites (N-methyl/N-ethyl adjacent to an activating group) is 1. The van der Waals surface area contributed by atoms with E-state index in [1.807, 2.05) is 4.90 Å². The number of nitriles is 1. The Balaban J connectivity index is 1.45. The molecule has 0 aliphatic carbocycles. The predicted octanol–water partition coefficient (Wildman–Crippen LogP) is 6.61. The third-order valence-corrected chi connectivity index (χ3v) is 11.6. The summed E-state index contributed by atoms with van der Waals surface area (Å²) in [5.74, 6) is -3.17. The van der Waals surface area contributed by atoms with Crippen LogP contribution in [0.3, 0.4) is 0 Å². The number of carbonyl (C=O) groups excluding carboxylic acids is 1. The van der Waals surface area contributed by atoms with E-state index in [0.717, 1.165) is 18.6 Å². The van der Waals surface area contributed by atoms with Gasteiger partial charge in [-0.25, -0.2) is 17.6 Å². The van der Waals surface area contributed by atoms with Crippen LogP contribution in [0, 0.1) is 23.0 Å². The molecule has 3 aliphatic heterocycles. The first-order valence-electron chi connectivity index (χ1n) is 16.3. The van der Waals surface area contributed by atoms with Crippen molar-refractivity contribution in [3.63, 3.8) is 0 Å².